The van der Waals surface area contributed by atoms with Gasteiger partial charge in [-0.2, -0.15) is 0 Å². The molecule has 0 aliphatic carbocycles. The first-order chi connectivity index (χ1) is 6.11. The van der Waals surface area contributed by atoms with E-state index in [1.807, 2.05) is 0 Å². The average molecular weight is 183 g/mol. The zero-order valence-electron chi connectivity index (χ0n) is 8.54. The van der Waals surface area contributed by atoms with Crippen molar-refractivity contribution >= 4 is 5.91 Å². The first-order valence-electron chi connectivity index (χ1n) is 4.17. The average Bonchev–Trinajstić information content (AvgIpc) is 2.11. The predicted octanol–water partition coefficient (Wildman–Crippen LogP) is 1.57. The molecule has 0 saturated carbocycles. The lowest BCUT2D eigenvalue weighted by molar-refractivity contribution is -0.128. The minimum Gasteiger partial charge on any atom is -0.501 e. The number of methoxy groups -OCH3 is 1. The van der Waals surface area contributed by atoms with Gasteiger partial charge in [-0.3, -0.25) is 4.79 Å². The highest BCUT2D eigenvalue weighted by Gasteiger charge is 2.05. The van der Waals surface area contributed by atoms with E-state index < -0.39 is 0 Å². The van der Waals surface area contributed by atoms with Gasteiger partial charge >= 0.3 is 0 Å². The van der Waals surface area contributed by atoms with Crippen molar-refractivity contribution in [2.45, 2.75) is 12.8 Å². The highest BCUT2D eigenvalue weighted by molar-refractivity contribution is 5.75. The van der Waals surface area contributed by atoms with Crippen LogP contribution in [0, 0.1) is 0 Å². The molecule has 0 bridgehead atoms. The molecule has 13 heavy (non-hydrogen) atoms. The van der Waals surface area contributed by atoms with Crippen molar-refractivity contribution < 1.29 is 9.53 Å². The van der Waals surface area contributed by atoms with Crippen LogP contribution in [0.25, 0.3) is 0 Å². The highest BCUT2D eigenvalue weighted by atomic mass is 16.5. The first-order valence-corrected chi connectivity index (χ1v) is 4.17. The Balaban J connectivity index is 3.92. The Morgan fingerprint density at radius 2 is 2.08 bits per heavy atom. The van der Waals surface area contributed by atoms with Crippen LogP contribution in [0.15, 0.2) is 24.5 Å². The molecular formula is C10H17NO2. The minimum absolute atomic E-state index is 0.104. The monoisotopic (exact) mass is 183 g/mol. The Morgan fingerprint density at radius 1 is 1.46 bits per heavy atom. The zero-order chi connectivity index (χ0) is 10.3. The van der Waals surface area contributed by atoms with Gasteiger partial charge in [-0.15, -0.1) is 0 Å². The molecule has 0 fully saturated rings. The van der Waals surface area contributed by atoms with E-state index in [1.54, 1.807) is 38.3 Å². The molecule has 74 valence electrons. The molecule has 0 atom stereocenters. The number of carbonyl (C=O) groups is 1. The molecule has 0 aliphatic heterocycles. The van der Waals surface area contributed by atoms with Crippen LogP contribution >= 0.6 is 0 Å². The second-order valence-electron chi connectivity index (χ2n) is 2.86. The van der Waals surface area contributed by atoms with Gasteiger partial charge in [-0.1, -0.05) is 12.7 Å². The summed E-state index contributed by atoms with van der Waals surface area (Å²) in [6, 6.07) is 0. The molecule has 3 heteroatoms. The van der Waals surface area contributed by atoms with Gasteiger partial charge in [-0.05, 0) is 6.08 Å². The second kappa shape index (κ2) is 6.29. The molecular weight excluding hydrogens is 166 g/mol. The Hall–Kier alpha value is -1.25. The number of allylic oxidation sites excluding steroid dienone is 3. The van der Waals surface area contributed by atoms with Gasteiger partial charge in [0.25, 0.3) is 0 Å². The normalized spacial score (nSPS) is 10.8. The van der Waals surface area contributed by atoms with Gasteiger partial charge in [0.1, 0.15) is 0 Å². The Morgan fingerprint density at radius 3 is 2.46 bits per heavy atom. The molecule has 0 aromatic rings. The highest BCUT2D eigenvalue weighted by Crippen LogP contribution is 2.06. The molecule has 0 aromatic carbocycles. The van der Waals surface area contributed by atoms with Crippen molar-refractivity contribution in [3.05, 3.63) is 24.5 Å². The summed E-state index contributed by atoms with van der Waals surface area (Å²) in [6.07, 6.45) is 4.52. The maximum absolute atomic E-state index is 11.2. The van der Waals surface area contributed by atoms with E-state index in [0.29, 0.717) is 12.8 Å². The zero-order valence-corrected chi connectivity index (χ0v) is 8.54. The lowest BCUT2D eigenvalue weighted by Gasteiger charge is -2.10. The molecule has 0 N–H and O–H groups in total. The lowest BCUT2D eigenvalue weighted by Crippen LogP contribution is -2.21. The molecule has 0 saturated heterocycles. The van der Waals surface area contributed by atoms with E-state index in [9.17, 15) is 4.79 Å². The van der Waals surface area contributed by atoms with Crippen molar-refractivity contribution in [2.24, 2.45) is 0 Å². The lowest BCUT2D eigenvalue weighted by atomic mass is 10.2. The third kappa shape index (κ3) is 5.06. The predicted molar refractivity (Wildman–Crippen MR) is 53.2 cm³/mol. The Labute approximate surface area is 79.7 Å². The largest absolute Gasteiger partial charge is 0.501 e. The summed E-state index contributed by atoms with van der Waals surface area (Å²) in [5.41, 5.74) is 0. The standard InChI is InChI=1S/C10H17NO2/c1-5-6-9(13-4)7-8-10(12)11(2)3/h5-6H,1,7-8H2,2-4H3/b9-6-. The molecule has 0 aliphatic rings. The van der Waals surface area contributed by atoms with E-state index in [1.165, 1.54) is 0 Å². The summed E-state index contributed by atoms with van der Waals surface area (Å²) >= 11 is 0. The molecule has 3 nitrogen and oxygen atoms in total. The van der Waals surface area contributed by atoms with E-state index >= 15 is 0 Å². The topological polar surface area (TPSA) is 29.5 Å². The number of hydrogen-bond acceptors (Lipinski definition) is 2. The van der Waals surface area contributed by atoms with Gasteiger partial charge in [-0.25, -0.2) is 0 Å². The van der Waals surface area contributed by atoms with E-state index in [2.05, 4.69) is 6.58 Å². The molecule has 0 unspecified atom stereocenters. The Bertz CT molecular complexity index is 207. The number of hydrogen-bond donors (Lipinski definition) is 0. The Kier molecular flexibility index (Phi) is 5.68. The molecule has 1 amide bonds. The van der Waals surface area contributed by atoms with Crippen molar-refractivity contribution in [1.82, 2.24) is 4.90 Å². The van der Waals surface area contributed by atoms with Crippen LogP contribution < -0.4 is 0 Å². The molecule has 0 spiro atoms. The number of amides is 1. The minimum atomic E-state index is 0.104. The van der Waals surface area contributed by atoms with Crippen LogP contribution in [0.4, 0.5) is 0 Å². The third-order valence-corrected chi connectivity index (χ3v) is 1.65. The van der Waals surface area contributed by atoms with Crippen LogP contribution in [0.3, 0.4) is 0 Å². The maximum Gasteiger partial charge on any atom is 0.222 e. The quantitative estimate of drug-likeness (QED) is 0.478. The summed E-state index contributed by atoms with van der Waals surface area (Å²) in [7, 11) is 5.08. The van der Waals surface area contributed by atoms with Crippen molar-refractivity contribution in [3.63, 3.8) is 0 Å². The van der Waals surface area contributed by atoms with Crippen molar-refractivity contribution in [1.29, 1.82) is 0 Å². The van der Waals surface area contributed by atoms with Crippen LogP contribution in [-0.4, -0.2) is 32.0 Å². The molecule has 0 radical (unpaired) electrons. The summed E-state index contributed by atoms with van der Waals surface area (Å²) in [5.74, 6) is 0.886. The number of carbonyl (C=O) groups excluding carboxylic acids is 1. The third-order valence-electron chi connectivity index (χ3n) is 1.65. The number of rotatable bonds is 5. The number of ether oxygens (including phenoxy) is 1. The fourth-order valence-corrected chi connectivity index (χ4v) is 0.839. The van der Waals surface area contributed by atoms with Gasteiger partial charge < -0.3 is 9.64 Å². The van der Waals surface area contributed by atoms with Crippen LogP contribution in [-0.2, 0) is 9.53 Å². The summed E-state index contributed by atoms with van der Waals surface area (Å²) < 4.78 is 5.04. The van der Waals surface area contributed by atoms with Gasteiger partial charge in [0.2, 0.25) is 5.91 Å². The van der Waals surface area contributed by atoms with E-state index in [-0.39, 0.29) is 5.91 Å². The summed E-state index contributed by atoms with van der Waals surface area (Å²) in [4.78, 5) is 12.8. The van der Waals surface area contributed by atoms with E-state index in [0.717, 1.165) is 5.76 Å². The fraction of sp³-hybridized carbons (Fsp3) is 0.500. The SMILES string of the molecule is C=C/C=C(/CCC(=O)N(C)C)OC. The second-order valence-corrected chi connectivity index (χ2v) is 2.86. The maximum atomic E-state index is 11.2. The van der Waals surface area contributed by atoms with Crippen LogP contribution in [0.1, 0.15) is 12.8 Å². The molecule has 0 heterocycles. The van der Waals surface area contributed by atoms with Crippen molar-refractivity contribution in [2.75, 3.05) is 21.2 Å². The van der Waals surface area contributed by atoms with Gasteiger partial charge in [0.15, 0.2) is 0 Å². The van der Waals surface area contributed by atoms with E-state index in [4.69, 9.17) is 4.74 Å². The summed E-state index contributed by atoms with van der Waals surface area (Å²) in [6.45, 7) is 3.56. The van der Waals surface area contributed by atoms with Crippen molar-refractivity contribution in [3.8, 4) is 0 Å². The summed E-state index contributed by atoms with van der Waals surface area (Å²) in [5, 5.41) is 0. The molecule has 0 rings (SSSR count). The fourth-order valence-electron chi connectivity index (χ4n) is 0.839. The van der Waals surface area contributed by atoms with Gasteiger partial charge in [0, 0.05) is 26.9 Å². The number of nitrogens with zero attached hydrogens (tertiary/aromatic N) is 1. The van der Waals surface area contributed by atoms with Gasteiger partial charge in [0.05, 0.1) is 12.9 Å². The first kappa shape index (κ1) is 11.8. The van der Waals surface area contributed by atoms with Crippen LogP contribution in [0.5, 0.6) is 0 Å². The molecule has 0 aromatic heterocycles. The smallest absolute Gasteiger partial charge is 0.222 e. The van der Waals surface area contributed by atoms with Crippen LogP contribution in [0.2, 0.25) is 0 Å².